The number of benzene rings is 9. The molecule has 0 heterocycles. The van der Waals surface area contributed by atoms with Gasteiger partial charge in [-0.2, -0.15) is 0 Å². The lowest BCUT2D eigenvalue weighted by Gasteiger charge is -2.34. The van der Waals surface area contributed by atoms with Gasteiger partial charge in [0.25, 0.3) is 0 Å². The number of aryl methyl sites for hydroxylation is 1. The van der Waals surface area contributed by atoms with Crippen LogP contribution in [0.1, 0.15) is 71.2 Å². The van der Waals surface area contributed by atoms with Crippen LogP contribution in [-0.2, 0) is 23.7 Å². The van der Waals surface area contributed by atoms with E-state index in [4.69, 9.17) is 0 Å². The molecule has 1 spiro atoms. The molecule has 13 rings (SSSR count). The largest absolute Gasteiger partial charge is 0.310 e. The van der Waals surface area contributed by atoms with Gasteiger partial charge in [0.1, 0.15) is 0 Å². The van der Waals surface area contributed by atoms with Crippen molar-refractivity contribution in [1.29, 1.82) is 0 Å². The molecule has 0 radical (unpaired) electrons. The number of hydrogen-bond acceptors (Lipinski definition) is 1. The van der Waals surface area contributed by atoms with Crippen molar-refractivity contribution in [2.45, 2.75) is 50.4 Å². The van der Waals surface area contributed by atoms with Crippen LogP contribution >= 0.6 is 0 Å². The zero-order chi connectivity index (χ0) is 41.9. The molecule has 4 aliphatic rings. The molecule has 9 aromatic carbocycles. The van der Waals surface area contributed by atoms with Crippen LogP contribution < -0.4 is 4.90 Å². The van der Waals surface area contributed by atoms with Crippen LogP contribution in [0, 0.1) is 0 Å². The van der Waals surface area contributed by atoms with Crippen LogP contribution in [0.4, 0.5) is 17.1 Å². The van der Waals surface area contributed by atoms with Crippen LogP contribution in [0.25, 0.3) is 55.6 Å². The Morgan fingerprint density at radius 3 is 1.56 bits per heavy atom. The zero-order valence-corrected chi connectivity index (χ0v) is 35.8. The lowest BCUT2D eigenvalue weighted by atomic mass is 9.70. The normalized spacial score (nSPS) is 15.1. The van der Waals surface area contributed by atoms with Crippen molar-refractivity contribution in [2.24, 2.45) is 0 Å². The Morgan fingerprint density at radius 2 is 0.889 bits per heavy atom. The summed E-state index contributed by atoms with van der Waals surface area (Å²) in [6.45, 7) is 4.79. The Bertz CT molecular complexity index is 3270. The standard InChI is InChI=1S/C62H47N/c1-61(2)53-29-15-11-25-46(53)50-36-34-43(37-57(50)61)63(42-22-7-4-8-23-42)59-39-58-51(38-52(59)60-44-24-10-9-21-41(44)33-35-45(60)40-19-5-3-6-20-40)49-28-14-18-32-56(49)62(58)54-30-16-12-26-47(54)48-27-13-17-31-55(48)62/h3-8,11-20,22-23,25-39H,9-10,21,24H2,1-2H3. The summed E-state index contributed by atoms with van der Waals surface area (Å²) >= 11 is 0. The minimum atomic E-state index is -0.477. The third kappa shape index (κ3) is 5.05. The van der Waals surface area contributed by atoms with Crippen molar-refractivity contribution in [3.8, 4) is 55.6 Å². The maximum Gasteiger partial charge on any atom is 0.0726 e. The number of para-hydroxylation sites is 1. The molecule has 0 saturated heterocycles. The smallest absolute Gasteiger partial charge is 0.0726 e. The number of hydrogen-bond donors (Lipinski definition) is 0. The fourth-order valence-corrected chi connectivity index (χ4v) is 12.3. The number of fused-ring (bicyclic) bond motifs is 14. The second-order valence-corrected chi connectivity index (χ2v) is 18.6. The summed E-state index contributed by atoms with van der Waals surface area (Å²) in [5, 5.41) is 0. The van der Waals surface area contributed by atoms with E-state index in [1.165, 1.54) is 124 Å². The molecule has 1 heteroatoms. The molecule has 0 aliphatic heterocycles. The fourth-order valence-electron chi connectivity index (χ4n) is 12.3. The van der Waals surface area contributed by atoms with E-state index in [0.717, 1.165) is 18.5 Å². The van der Waals surface area contributed by atoms with Gasteiger partial charge in [-0.3, -0.25) is 0 Å². The molecule has 0 aromatic heterocycles. The van der Waals surface area contributed by atoms with E-state index < -0.39 is 5.41 Å². The first-order chi connectivity index (χ1) is 31.0. The first-order valence-electron chi connectivity index (χ1n) is 22.8. The molecular formula is C62H47N. The number of rotatable bonds is 5. The highest BCUT2D eigenvalue weighted by atomic mass is 15.1. The van der Waals surface area contributed by atoms with Gasteiger partial charge in [-0.05, 0) is 157 Å². The van der Waals surface area contributed by atoms with Gasteiger partial charge in [0.2, 0.25) is 0 Å². The highest BCUT2D eigenvalue weighted by Gasteiger charge is 2.52. The summed E-state index contributed by atoms with van der Waals surface area (Å²) in [6.07, 6.45) is 4.60. The molecule has 1 nitrogen and oxygen atoms in total. The summed E-state index contributed by atoms with van der Waals surface area (Å²) in [7, 11) is 0. The predicted molar refractivity (Wildman–Crippen MR) is 263 cm³/mol. The molecule has 0 fully saturated rings. The van der Waals surface area contributed by atoms with Gasteiger partial charge in [-0.15, -0.1) is 0 Å². The van der Waals surface area contributed by atoms with Crippen LogP contribution in [0.3, 0.4) is 0 Å². The molecule has 0 amide bonds. The Morgan fingerprint density at radius 1 is 0.365 bits per heavy atom. The minimum Gasteiger partial charge on any atom is -0.310 e. The van der Waals surface area contributed by atoms with Gasteiger partial charge in [0.05, 0.1) is 11.1 Å². The van der Waals surface area contributed by atoms with Crippen molar-refractivity contribution in [1.82, 2.24) is 0 Å². The van der Waals surface area contributed by atoms with Crippen LogP contribution in [0.15, 0.2) is 200 Å². The van der Waals surface area contributed by atoms with Gasteiger partial charge in [0.15, 0.2) is 0 Å². The Balaban J connectivity index is 1.18. The second kappa shape index (κ2) is 13.6. The fraction of sp³-hybridized carbons (Fsp3) is 0.129. The van der Waals surface area contributed by atoms with E-state index in [2.05, 4.69) is 219 Å². The minimum absolute atomic E-state index is 0.146. The number of nitrogens with zero attached hydrogens (tertiary/aromatic N) is 1. The Hall–Kier alpha value is -7.22. The van der Waals surface area contributed by atoms with Crippen molar-refractivity contribution in [3.05, 3.63) is 245 Å². The molecule has 4 aliphatic carbocycles. The molecule has 300 valence electrons. The van der Waals surface area contributed by atoms with E-state index in [9.17, 15) is 0 Å². The molecule has 0 atom stereocenters. The van der Waals surface area contributed by atoms with Gasteiger partial charge in [0, 0.05) is 22.4 Å². The maximum absolute atomic E-state index is 2.63. The van der Waals surface area contributed by atoms with E-state index in [-0.39, 0.29) is 5.41 Å². The zero-order valence-electron chi connectivity index (χ0n) is 35.8. The van der Waals surface area contributed by atoms with E-state index in [1.54, 1.807) is 0 Å². The van der Waals surface area contributed by atoms with Gasteiger partial charge in [-0.1, -0.05) is 178 Å². The van der Waals surface area contributed by atoms with Crippen molar-refractivity contribution >= 4 is 17.1 Å². The quantitative estimate of drug-likeness (QED) is 0.167. The summed E-state index contributed by atoms with van der Waals surface area (Å²) in [6, 6.07) is 76.2. The third-order valence-corrected chi connectivity index (χ3v) is 15.1. The van der Waals surface area contributed by atoms with Crippen LogP contribution in [-0.4, -0.2) is 0 Å². The predicted octanol–water partition coefficient (Wildman–Crippen LogP) is 16.0. The lowest BCUT2D eigenvalue weighted by molar-refractivity contribution is 0.660. The summed E-state index contributed by atoms with van der Waals surface area (Å²) < 4.78 is 0. The molecule has 63 heavy (non-hydrogen) atoms. The first-order valence-corrected chi connectivity index (χ1v) is 22.8. The van der Waals surface area contributed by atoms with Gasteiger partial charge in [-0.25, -0.2) is 0 Å². The average molecular weight is 806 g/mol. The van der Waals surface area contributed by atoms with Crippen LogP contribution in [0.5, 0.6) is 0 Å². The average Bonchev–Trinajstić information content (AvgIpc) is 3.89. The Labute approximate surface area is 371 Å². The van der Waals surface area contributed by atoms with Gasteiger partial charge < -0.3 is 4.90 Å². The van der Waals surface area contributed by atoms with E-state index in [0.29, 0.717) is 0 Å². The van der Waals surface area contributed by atoms with E-state index >= 15 is 0 Å². The third-order valence-electron chi connectivity index (χ3n) is 15.1. The highest BCUT2D eigenvalue weighted by Crippen LogP contribution is 2.65. The molecule has 0 saturated carbocycles. The topological polar surface area (TPSA) is 3.24 Å². The van der Waals surface area contributed by atoms with Crippen molar-refractivity contribution in [2.75, 3.05) is 4.90 Å². The van der Waals surface area contributed by atoms with Crippen LogP contribution in [0.2, 0.25) is 0 Å². The second-order valence-electron chi connectivity index (χ2n) is 18.6. The summed E-state index contributed by atoms with van der Waals surface area (Å²) in [5.41, 5.74) is 27.3. The number of anilines is 3. The molecule has 0 bridgehead atoms. The van der Waals surface area contributed by atoms with E-state index in [1.807, 2.05) is 0 Å². The van der Waals surface area contributed by atoms with Crippen molar-refractivity contribution < 1.29 is 0 Å². The summed E-state index contributed by atoms with van der Waals surface area (Å²) in [5.74, 6) is 0. The molecular weight excluding hydrogens is 759 g/mol. The SMILES string of the molecule is CC1(C)c2ccccc2-c2ccc(N(c3ccccc3)c3cc4c(cc3-c3c(-c5ccccc5)ccc5c3CCCC5)-c3ccccc3C43c4ccccc4-c4ccccc43)cc21. The molecule has 9 aromatic rings. The highest BCUT2D eigenvalue weighted by molar-refractivity contribution is 6.03. The molecule has 0 unspecified atom stereocenters. The lowest BCUT2D eigenvalue weighted by Crippen LogP contribution is -2.26. The maximum atomic E-state index is 2.63. The first kappa shape index (κ1) is 36.4. The Kier molecular flexibility index (Phi) is 7.89. The molecule has 0 N–H and O–H groups in total. The monoisotopic (exact) mass is 805 g/mol. The summed E-state index contributed by atoms with van der Waals surface area (Å²) in [4.78, 5) is 2.59. The van der Waals surface area contributed by atoms with Gasteiger partial charge >= 0.3 is 0 Å². The van der Waals surface area contributed by atoms with Crippen molar-refractivity contribution in [3.63, 3.8) is 0 Å².